The van der Waals surface area contributed by atoms with Gasteiger partial charge in [0, 0.05) is 17.6 Å². The molecule has 1 aliphatic carbocycles. The van der Waals surface area contributed by atoms with Gasteiger partial charge >= 0.3 is 0 Å². The van der Waals surface area contributed by atoms with E-state index >= 15 is 0 Å². The lowest BCUT2D eigenvalue weighted by atomic mass is 10.1. The summed E-state index contributed by atoms with van der Waals surface area (Å²) in [4.78, 5) is 10.2. The molecule has 0 saturated heterocycles. The van der Waals surface area contributed by atoms with Gasteiger partial charge in [-0.3, -0.25) is 9.82 Å². The van der Waals surface area contributed by atoms with Crippen molar-refractivity contribution >= 4 is 10.9 Å². The quantitative estimate of drug-likeness (QED) is 0.850. The van der Waals surface area contributed by atoms with E-state index in [2.05, 4.69) is 40.8 Å². The highest BCUT2D eigenvalue weighted by Crippen LogP contribution is 2.20. The molecule has 3 rings (SSSR count). The predicted octanol–water partition coefficient (Wildman–Crippen LogP) is 3.51. The Morgan fingerprint density at radius 3 is 2.89 bits per heavy atom. The zero-order chi connectivity index (χ0) is 13.1. The molecular weight excluding hydrogens is 236 g/mol. The van der Waals surface area contributed by atoms with Gasteiger partial charge in [-0.05, 0) is 43.5 Å². The Morgan fingerprint density at radius 1 is 1.21 bits per heavy atom. The molecule has 19 heavy (non-hydrogen) atoms. The SMILES string of the molecule is Cc1ccc2cc(CNOC3CCCC3)ccc2n1. The van der Waals surface area contributed by atoms with Crippen molar-refractivity contribution in [3.63, 3.8) is 0 Å². The summed E-state index contributed by atoms with van der Waals surface area (Å²) >= 11 is 0. The van der Waals surface area contributed by atoms with E-state index in [1.807, 2.05) is 6.92 Å². The minimum absolute atomic E-state index is 0.407. The number of pyridine rings is 1. The fourth-order valence-electron chi connectivity index (χ4n) is 2.64. The lowest BCUT2D eigenvalue weighted by molar-refractivity contribution is -0.0243. The van der Waals surface area contributed by atoms with Gasteiger partial charge in [-0.25, -0.2) is 0 Å². The van der Waals surface area contributed by atoms with E-state index < -0.39 is 0 Å². The number of fused-ring (bicyclic) bond motifs is 1. The topological polar surface area (TPSA) is 34.1 Å². The van der Waals surface area contributed by atoms with Crippen molar-refractivity contribution < 1.29 is 4.84 Å². The third-order valence-corrected chi connectivity index (χ3v) is 3.72. The Kier molecular flexibility index (Phi) is 3.76. The van der Waals surface area contributed by atoms with E-state index in [-0.39, 0.29) is 0 Å². The summed E-state index contributed by atoms with van der Waals surface area (Å²) in [5.74, 6) is 0. The standard InChI is InChI=1S/C16H20N2O/c1-12-6-8-14-10-13(7-9-16(14)18-12)11-17-19-15-4-2-3-5-15/h6-10,15,17H,2-5,11H2,1H3. The third-order valence-electron chi connectivity index (χ3n) is 3.72. The third kappa shape index (κ3) is 3.11. The molecule has 0 bridgehead atoms. The second kappa shape index (κ2) is 5.68. The van der Waals surface area contributed by atoms with Crippen molar-refractivity contribution in [3.8, 4) is 0 Å². The van der Waals surface area contributed by atoms with Gasteiger partial charge in [-0.1, -0.05) is 25.0 Å². The lowest BCUT2D eigenvalue weighted by Crippen LogP contribution is -2.21. The number of nitrogens with one attached hydrogen (secondary N) is 1. The molecule has 0 aliphatic heterocycles. The summed E-state index contributed by atoms with van der Waals surface area (Å²) < 4.78 is 0. The summed E-state index contributed by atoms with van der Waals surface area (Å²) in [6.45, 7) is 2.77. The monoisotopic (exact) mass is 256 g/mol. The Balaban J connectivity index is 1.62. The summed E-state index contributed by atoms with van der Waals surface area (Å²) in [7, 11) is 0. The van der Waals surface area contributed by atoms with Gasteiger partial charge < -0.3 is 0 Å². The van der Waals surface area contributed by atoms with Gasteiger partial charge in [-0.2, -0.15) is 5.48 Å². The van der Waals surface area contributed by atoms with Gasteiger partial charge in [0.05, 0.1) is 11.6 Å². The summed E-state index contributed by atoms with van der Waals surface area (Å²) in [6, 6.07) is 10.5. The number of nitrogens with zero attached hydrogens (tertiary/aromatic N) is 1. The fraction of sp³-hybridized carbons (Fsp3) is 0.438. The van der Waals surface area contributed by atoms with E-state index in [1.165, 1.54) is 36.6 Å². The highest BCUT2D eigenvalue weighted by atomic mass is 16.7. The molecule has 1 aromatic heterocycles. The van der Waals surface area contributed by atoms with Crippen LogP contribution in [0.1, 0.15) is 36.9 Å². The van der Waals surface area contributed by atoms with Crippen LogP contribution in [0.2, 0.25) is 0 Å². The second-order valence-electron chi connectivity index (χ2n) is 5.33. The molecule has 1 N–H and O–H groups in total. The smallest absolute Gasteiger partial charge is 0.0790 e. The molecule has 0 unspecified atom stereocenters. The average molecular weight is 256 g/mol. The highest BCUT2D eigenvalue weighted by Gasteiger charge is 2.15. The molecule has 1 heterocycles. The number of rotatable bonds is 4. The first-order chi connectivity index (χ1) is 9.31. The summed E-state index contributed by atoms with van der Waals surface area (Å²) in [5.41, 5.74) is 6.45. The fourth-order valence-corrected chi connectivity index (χ4v) is 2.64. The molecular formula is C16H20N2O. The van der Waals surface area contributed by atoms with E-state index in [4.69, 9.17) is 4.84 Å². The lowest BCUT2D eigenvalue weighted by Gasteiger charge is -2.12. The minimum Gasteiger partial charge on any atom is -0.298 e. The van der Waals surface area contributed by atoms with Gasteiger partial charge in [0.25, 0.3) is 0 Å². The van der Waals surface area contributed by atoms with Gasteiger partial charge in [0.1, 0.15) is 0 Å². The zero-order valence-electron chi connectivity index (χ0n) is 11.4. The summed E-state index contributed by atoms with van der Waals surface area (Å²) in [5, 5.41) is 1.19. The van der Waals surface area contributed by atoms with Crippen LogP contribution in [0.3, 0.4) is 0 Å². The molecule has 0 spiro atoms. The van der Waals surface area contributed by atoms with Crippen LogP contribution in [-0.4, -0.2) is 11.1 Å². The van der Waals surface area contributed by atoms with Crippen molar-refractivity contribution in [2.75, 3.05) is 0 Å². The van der Waals surface area contributed by atoms with Gasteiger partial charge in [0.15, 0.2) is 0 Å². The molecule has 3 nitrogen and oxygen atoms in total. The Hall–Kier alpha value is -1.45. The number of hydrogen-bond donors (Lipinski definition) is 1. The van der Waals surface area contributed by atoms with Crippen LogP contribution in [0, 0.1) is 6.92 Å². The zero-order valence-corrected chi connectivity index (χ0v) is 11.4. The van der Waals surface area contributed by atoms with Crippen LogP contribution < -0.4 is 5.48 Å². The maximum Gasteiger partial charge on any atom is 0.0790 e. The van der Waals surface area contributed by atoms with Crippen LogP contribution in [0.5, 0.6) is 0 Å². The van der Waals surface area contributed by atoms with E-state index in [1.54, 1.807) is 0 Å². The normalized spacial score (nSPS) is 16.3. The first-order valence-electron chi connectivity index (χ1n) is 7.06. The number of benzene rings is 1. The van der Waals surface area contributed by atoms with Crippen molar-refractivity contribution in [1.29, 1.82) is 0 Å². The first-order valence-corrected chi connectivity index (χ1v) is 7.06. The molecule has 1 aromatic carbocycles. The molecule has 100 valence electrons. The molecule has 0 atom stereocenters. The van der Waals surface area contributed by atoms with Gasteiger partial charge in [0.2, 0.25) is 0 Å². The van der Waals surface area contributed by atoms with Gasteiger partial charge in [-0.15, -0.1) is 0 Å². The molecule has 1 saturated carbocycles. The second-order valence-corrected chi connectivity index (χ2v) is 5.33. The summed E-state index contributed by atoms with van der Waals surface area (Å²) in [6.07, 6.45) is 5.38. The van der Waals surface area contributed by atoms with Crippen LogP contribution in [0.4, 0.5) is 0 Å². The van der Waals surface area contributed by atoms with Crippen molar-refractivity contribution in [2.45, 2.75) is 45.3 Å². The van der Waals surface area contributed by atoms with E-state index in [9.17, 15) is 0 Å². The molecule has 0 amide bonds. The predicted molar refractivity (Wildman–Crippen MR) is 76.7 cm³/mol. The van der Waals surface area contributed by atoms with Crippen molar-refractivity contribution in [1.82, 2.24) is 10.5 Å². The van der Waals surface area contributed by atoms with E-state index in [0.29, 0.717) is 6.10 Å². The van der Waals surface area contributed by atoms with Crippen LogP contribution in [0.25, 0.3) is 10.9 Å². The minimum atomic E-state index is 0.407. The van der Waals surface area contributed by atoms with Crippen molar-refractivity contribution in [2.24, 2.45) is 0 Å². The Morgan fingerprint density at radius 2 is 2.05 bits per heavy atom. The molecule has 1 aliphatic rings. The van der Waals surface area contributed by atoms with Crippen LogP contribution in [-0.2, 0) is 11.4 Å². The largest absolute Gasteiger partial charge is 0.298 e. The molecule has 0 radical (unpaired) electrons. The number of aryl methyl sites for hydroxylation is 1. The van der Waals surface area contributed by atoms with E-state index in [0.717, 1.165) is 17.8 Å². The maximum absolute atomic E-state index is 5.67. The first kappa shape index (κ1) is 12.6. The maximum atomic E-state index is 5.67. The molecule has 2 aromatic rings. The van der Waals surface area contributed by atoms with Crippen molar-refractivity contribution in [3.05, 3.63) is 41.6 Å². The number of hydrogen-bond acceptors (Lipinski definition) is 3. The number of hydroxylamine groups is 1. The average Bonchev–Trinajstić information content (AvgIpc) is 2.92. The highest BCUT2D eigenvalue weighted by molar-refractivity contribution is 5.79. The number of aromatic nitrogens is 1. The molecule has 1 fully saturated rings. The Bertz CT molecular complexity index is 562. The Labute approximate surface area is 113 Å². The van der Waals surface area contributed by atoms with Crippen LogP contribution >= 0.6 is 0 Å². The van der Waals surface area contributed by atoms with Crippen LogP contribution in [0.15, 0.2) is 30.3 Å². The molecule has 3 heteroatoms.